The Kier molecular flexibility index (Phi) is 7.10. The number of rotatable bonds is 8. The summed E-state index contributed by atoms with van der Waals surface area (Å²) in [6.07, 6.45) is 3.28. The minimum Gasteiger partial charge on any atom is -0.481 e. The highest BCUT2D eigenvalue weighted by molar-refractivity contribution is 5.89. The number of aliphatic carboxylic acids is 1. The van der Waals surface area contributed by atoms with Gasteiger partial charge in [-0.1, -0.05) is 25.0 Å². The minimum absolute atomic E-state index is 0.145. The Balaban J connectivity index is 2.09. The fourth-order valence-corrected chi connectivity index (χ4v) is 1.69. The average Bonchev–Trinajstić information content (AvgIpc) is 2.40. The van der Waals surface area contributed by atoms with Crippen LogP contribution in [0.2, 0.25) is 0 Å². The molecule has 5 nitrogen and oxygen atoms in total. The van der Waals surface area contributed by atoms with Crippen LogP contribution in [0.15, 0.2) is 24.3 Å². The molecule has 0 heterocycles. The number of benzene rings is 1. The maximum absolute atomic E-state index is 13.3. The van der Waals surface area contributed by atoms with E-state index in [1.807, 2.05) is 0 Å². The zero-order valence-corrected chi connectivity index (χ0v) is 11.2. The zero-order chi connectivity index (χ0) is 14.8. The molecule has 3 N–H and O–H groups in total. The summed E-state index contributed by atoms with van der Waals surface area (Å²) in [5, 5.41) is 13.5. The van der Waals surface area contributed by atoms with E-state index in [0.717, 1.165) is 19.3 Å². The van der Waals surface area contributed by atoms with E-state index >= 15 is 0 Å². The lowest BCUT2D eigenvalue weighted by molar-refractivity contribution is -0.137. The van der Waals surface area contributed by atoms with Gasteiger partial charge in [-0.2, -0.15) is 0 Å². The lowest BCUT2D eigenvalue weighted by Crippen LogP contribution is -2.29. The van der Waals surface area contributed by atoms with E-state index < -0.39 is 17.8 Å². The third kappa shape index (κ3) is 6.72. The standard InChI is InChI=1S/C14H19FN2O3/c15-11-7-4-5-8-12(11)17-14(20)16-10-6-2-1-3-9-13(18)19/h4-5,7-8H,1-3,6,9-10H2,(H,18,19)(H2,16,17,20). The fraction of sp³-hybridized carbons (Fsp3) is 0.429. The number of carboxylic acid groups (broad SMARTS) is 1. The first-order valence-electron chi connectivity index (χ1n) is 6.61. The Labute approximate surface area is 117 Å². The predicted molar refractivity (Wildman–Crippen MR) is 74.1 cm³/mol. The van der Waals surface area contributed by atoms with Crippen molar-refractivity contribution in [3.05, 3.63) is 30.1 Å². The van der Waals surface area contributed by atoms with Gasteiger partial charge in [0, 0.05) is 13.0 Å². The molecule has 0 atom stereocenters. The molecule has 0 aromatic heterocycles. The molecule has 0 aliphatic rings. The van der Waals surface area contributed by atoms with E-state index in [-0.39, 0.29) is 12.1 Å². The number of para-hydroxylation sites is 1. The second-order valence-corrected chi connectivity index (χ2v) is 4.42. The lowest BCUT2D eigenvalue weighted by Gasteiger charge is -2.08. The minimum atomic E-state index is -0.785. The number of anilines is 1. The molecule has 0 unspecified atom stereocenters. The maximum Gasteiger partial charge on any atom is 0.319 e. The molecule has 0 radical (unpaired) electrons. The number of unbranched alkanes of at least 4 members (excludes halogenated alkanes) is 3. The van der Waals surface area contributed by atoms with Gasteiger partial charge in [-0.15, -0.1) is 0 Å². The molecule has 0 aliphatic heterocycles. The summed E-state index contributed by atoms with van der Waals surface area (Å²) in [6, 6.07) is 5.51. The van der Waals surface area contributed by atoms with Crippen molar-refractivity contribution >= 4 is 17.7 Å². The Bertz CT molecular complexity index is 452. The summed E-state index contributed by atoms with van der Waals surface area (Å²) in [7, 11) is 0. The quantitative estimate of drug-likeness (QED) is 0.641. The molecule has 0 aliphatic carbocycles. The van der Waals surface area contributed by atoms with Gasteiger partial charge in [0.15, 0.2) is 0 Å². The summed E-state index contributed by atoms with van der Waals surface area (Å²) in [4.78, 5) is 21.8. The molecule has 0 saturated carbocycles. The maximum atomic E-state index is 13.3. The molecule has 1 aromatic rings. The van der Waals surface area contributed by atoms with Gasteiger partial charge in [0.2, 0.25) is 0 Å². The molecule has 0 saturated heterocycles. The van der Waals surface area contributed by atoms with Crippen LogP contribution in [0.1, 0.15) is 32.1 Å². The van der Waals surface area contributed by atoms with Crippen LogP contribution >= 0.6 is 0 Å². The van der Waals surface area contributed by atoms with Crippen LogP contribution in [-0.2, 0) is 4.79 Å². The number of hydrogen-bond donors (Lipinski definition) is 3. The highest BCUT2D eigenvalue weighted by Gasteiger charge is 2.04. The van der Waals surface area contributed by atoms with Crippen LogP contribution in [0.25, 0.3) is 0 Å². The monoisotopic (exact) mass is 282 g/mol. The third-order valence-corrected chi connectivity index (χ3v) is 2.73. The van der Waals surface area contributed by atoms with Crippen molar-refractivity contribution in [1.29, 1.82) is 0 Å². The number of amides is 2. The molecular weight excluding hydrogens is 263 g/mol. The molecule has 2 amide bonds. The summed E-state index contributed by atoms with van der Waals surface area (Å²) >= 11 is 0. The Morgan fingerprint density at radius 2 is 1.80 bits per heavy atom. The van der Waals surface area contributed by atoms with Gasteiger partial charge in [-0.25, -0.2) is 9.18 Å². The lowest BCUT2D eigenvalue weighted by atomic mass is 10.1. The van der Waals surface area contributed by atoms with Crippen molar-refractivity contribution < 1.29 is 19.1 Å². The van der Waals surface area contributed by atoms with Crippen LogP contribution in [-0.4, -0.2) is 23.7 Å². The SMILES string of the molecule is O=C(O)CCCCCCNC(=O)Nc1ccccc1F. The summed E-state index contributed by atoms with van der Waals surface area (Å²) < 4.78 is 13.3. The van der Waals surface area contributed by atoms with Gasteiger partial charge in [-0.3, -0.25) is 4.79 Å². The van der Waals surface area contributed by atoms with E-state index in [0.29, 0.717) is 13.0 Å². The highest BCUT2D eigenvalue weighted by atomic mass is 19.1. The third-order valence-electron chi connectivity index (χ3n) is 2.73. The van der Waals surface area contributed by atoms with Gasteiger partial charge in [-0.05, 0) is 25.0 Å². The van der Waals surface area contributed by atoms with Gasteiger partial charge in [0.1, 0.15) is 5.82 Å². The molecule has 0 bridgehead atoms. The first-order valence-corrected chi connectivity index (χ1v) is 6.61. The number of carbonyl (C=O) groups excluding carboxylic acids is 1. The second kappa shape index (κ2) is 8.90. The number of urea groups is 1. The topological polar surface area (TPSA) is 78.4 Å². The van der Waals surface area contributed by atoms with E-state index in [1.54, 1.807) is 12.1 Å². The van der Waals surface area contributed by atoms with Crippen LogP contribution in [0, 0.1) is 5.82 Å². The van der Waals surface area contributed by atoms with Crippen molar-refractivity contribution in [2.75, 3.05) is 11.9 Å². The molecule has 1 rings (SSSR count). The van der Waals surface area contributed by atoms with Gasteiger partial charge in [0.05, 0.1) is 5.69 Å². The Morgan fingerprint density at radius 1 is 1.10 bits per heavy atom. The summed E-state index contributed by atoms with van der Waals surface area (Å²) in [5.74, 6) is -1.26. The van der Waals surface area contributed by atoms with Crippen molar-refractivity contribution in [2.45, 2.75) is 32.1 Å². The van der Waals surface area contributed by atoms with Crippen molar-refractivity contribution in [2.24, 2.45) is 0 Å². The van der Waals surface area contributed by atoms with Gasteiger partial charge in [0.25, 0.3) is 0 Å². The van der Waals surface area contributed by atoms with Crippen LogP contribution in [0.3, 0.4) is 0 Å². The summed E-state index contributed by atoms with van der Waals surface area (Å²) in [6.45, 7) is 0.480. The van der Waals surface area contributed by atoms with Gasteiger partial charge >= 0.3 is 12.0 Å². The highest BCUT2D eigenvalue weighted by Crippen LogP contribution is 2.11. The van der Waals surface area contributed by atoms with E-state index in [1.165, 1.54) is 12.1 Å². The number of nitrogens with one attached hydrogen (secondary N) is 2. The second-order valence-electron chi connectivity index (χ2n) is 4.42. The van der Waals surface area contributed by atoms with Crippen LogP contribution in [0.5, 0.6) is 0 Å². The van der Waals surface area contributed by atoms with Gasteiger partial charge < -0.3 is 15.7 Å². The number of halogens is 1. The first kappa shape index (κ1) is 15.9. The Morgan fingerprint density at radius 3 is 2.50 bits per heavy atom. The fourth-order valence-electron chi connectivity index (χ4n) is 1.69. The van der Waals surface area contributed by atoms with Crippen LogP contribution < -0.4 is 10.6 Å². The molecule has 0 fully saturated rings. The molecule has 6 heteroatoms. The summed E-state index contributed by atoms with van der Waals surface area (Å²) in [5.41, 5.74) is 0.145. The van der Waals surface area contributed by atoms with E-state index in [9.17, 15) is 14.0 Å². The predicted octanol–water partition coefficient (Wildman–Crippen LogP) is 2.98. The zero-order valence-electron chi connectivity index (χ0n) is 11.2. The number of carbonyl (C=O) groups is 2. The normalized spacial score (nSPS) is 10.1. The smallest absolute Gasteiger partial charge is 0.319 e. The molecule has 0 spiro atoms. The molecular formula is C14H19FN2O3. The molecule has 1 aromatic carbocycles. The Hall–Kier alpha value is -2.11. The largest absolute Gasteiger partial charge is 0.481 e. The number of hydrogen-bond acceptors (Lipinski definition) is 2. The van der Waals surface area contributed by atoms with Crippen molar-refractivity contribution in [3.8, 4) is 0 Å². The molecule has 20 heavy (non-hydrogen) atoms. The van der Waals surface area contributed by atoms with Crippen molar-refractivity contribution in [3.63, 3.8) is 0 Å². The van der Waals surface area contributed by atoms with E-state index in [4.69, 9.17) is 5.11 Å². The number of carboxylic acids is 1. The van der Waals surface area contributed by atoms with Crippen molar-refractivity contribution in [1.82, 2.24) is 5.32 Å². The van der Waals surface area contributed by atoms with E-state index in [2.05, 4.69) is 10.6 Å². The first-order chi connectivity index (χ1) is 9.59. The average molecular weight is 282 g/mol. The molecule has 110 valence electrons. The van der Waals surface area contributed by atoms with Crippen LogP contribution in [0.4, 0.5) is 14.9 Å².